The Morgan fingerprint density at radius 1 is 1.44 bits per heavy atom. The van der Waals surface area contributed by atoms with Gasteiger partial charge in [0.2, 0.25) is 5.91 Å². The standard InChI is InChI=1S/C12H24N2O2/c1-9-7-13-8-10(2)14(9)12(15)6-5-11(3)16-4/h9-11,13H,5-8H2,1-4H3. The maximum absolute atomic E-state index is 12.1. The molecule has 1 rings (SSSR count). The smallest absolute Gasteiger partial charge is 0.223 e. The highest BCUT2D eigenvalue weighted by Gasteiger charge is 2.28. The van der Waals surface area contributed by atoms with Crippen molar-refractivity contribution in [3.63, 3.8) is 0 Å². The molecule has 3 atom stereocenters. The van der Waals surface area contributed by atoms with Gasteiger partial charge in [0.1, 0.15) is 0 Å². The van der Waals surface area contributed by atoms with Crippen LogP contribution in [0.25, 0.3) is 0 Å². The van der Waals surface area contributed by atoms with Gasteiger partial charge in [0, 0.05) is 38.7 Å². The van der Waals surface area contributed by atoms with Crippen molar-refractivity contribution in [3.05, 3.63) is 0 Å². The molecule has 0 aromatic rings. The van der Waals surface area contributed by atoms with Crippen LogP contribution in [0.2, 0.25) is 0 Å². The van der Waals surface area contributed by atoms with Gasteiger partial charge in [-0.05, 0) is 27.2 Å². The van der Waals surface area contributed by atoms with Gasteiger partial charge in [0.15, 0.2) is 0 Å². The third-order valence-electron chi connectivity index (χ3n) is 3.28. The monoisotopic (exact) mass is 228 g/mol. The average Bonchev–Trinajstić information content (AvgIpc) is 2.25. The number of nitrogens with zero attached hydrogens (tertiary/aromatic N) is 1. The summed E-state index contributed by atoms with van der Waals surface area (Å²) in [6.07, 6.45) is 1.56. The summed E-state index contributed by atoms with van der Waals surface area (Å²) in [5.41, 5.74) is 0. The van der Waals surface area contributed by atoms with Gasteiger partial charge in [0.25, 0.3) is 0 Å². The van der Waals surface area contributed by atoms with E-state index < -0.39 is 0 Å². The number of rotatable bonds is 4. The molecule has 0 aliphatic carbocycles. The third kappa shape index (κ3) is 3.46. The van der Waals surface area contributed by atoms with Gasteiger partial charge in [0.05, 0.1) is 6.10 Å². The summed E-state index contributed by atoms with van der Waals surface area (Å²) < 4.78 is 5.16. The maximum Gasteiger partial charge on any atom is 0.223 e. The number of nitrogens with one attached hydrogen (secondary N) is 1. The molecule has 1 amide bonds. The summed E-state index contributed by atoms with van der Waals surface area (Å²) in [5, 5.41) is 3.33. The highest BCUT2D eigenvalue weighted by atomic mass is 16.5. The molecule has 0 aromatic carbocycles. The molecular weight excluding hydrogens is 204 g/mol. The van der Waals surface area contributed by atoms with Gasteiger partial charge in [-0.15, -0.1) is 0 Å². The van der Waals surface area contributed by atoms with E-state index in [1.54, 1.807) is 7.11 Å². The van der Waals surface area contributed by atoms with E-state index in [0.29, 0.717) is 18.5 Å². The molecule has 0 bridgehead atoms. The lowest BCUT2D eigenvalue weighted by Crippen LogP contribution is -2.57. The lowest BCUT2D eigenvalue weighted by atomic mass is 10.1. The fourth-order valence-electron chi connectivity index (χ4n) is 2.20. The number of carbonyl (C=O) groups excluding carboxylic acids is 1. The maximum atomic E-state index is 12.1. The first-order valence-electron chi connectivity index (χ1n) is 6.11. The number of hydrogen-bond acceptors (Lipinski definition) is 3. The molecule has 1 aliphatic heterocycles. The second-order valence-corrected chi connectivity index (χ2v) is 4.74. The Bertz CT molecular complexity index is 223. The minimum atomic E-state index is 0.164. The fraction of sp³-hybridized carbons (Fsp3) is 0.917. The molecule has 4 nitrogen and oxygen atoms in total. The van der Waals surface area contributed by atoms with Crippen molar-refractivity contribution >= 4 is 5.91 Å². The molecule has 0 aromatic heterocycles. The lowest BCUT2D eigenvalue weighted by molar-refractivity contribution is -0.137. The van der Waals surface area contributed by atoms with Crippen LogP contribution in [-0.2, 0) is 9.53 Å². The van der Waals surface area contributed by atoms with Crippen LogP contribution in [0.15, 0.2) is 0 Å². The molecule has 1 saturated heterocycles. The van der Waals surface area contributed by atoms with Crippen molar-refractivity contribution in [2.24, 2.45) is 0 Å². The molecule has 16 heavy (non-hydrogen) atoms. The van der Waals surface area contributed by atoms with Gasteiger partial charge in [-0.3, -0.25) is 4.79 Å². The topological polar surface area (TPSA) is 41.6 Å². The van der Waals surface area contributed by atoms with Gasteiger partial charge in [-0.25, -0.2) is 0 Å². The predicted octanol–water partition coefficient (Wildman–Crippen LogP) is 1.01. The zero-order chi connectivity index (χ0) is 12.1. The van der Waals surface area contributed by atoms with Crippen LogP contribution >= 0.6 is 0 Å². The summed E-state index contributed by atoms with van der Waals surface area (Å²) >= 11 is 0. The Labute approximate surface area is 98.3 Å². The van der Waals surface area contributed by atoms with E-state index in [9.17, 15) is 4.79 Å². The molecule has 0 spiro atoms. The van der Waals surface area contributed by atoms with Crippen LogP contribution in [0.5, 0.6) is 0 Å². The van der Waals surface area contributed by atoms with Crippen LogP contribution < -0.4 is 5.32 Å². The molecule has 1 heterocycles. The molecular formula is C12H24N2O2. The second kappa shape index (κ2) is 6.21. The number of hydrogen-bond donors (Lipinski definition) is 1. The van der Waals surface area contributed by atoms with Crippen LogP contribution in [0.3, 0.4) is 0 Å². The Hall–Kier alpha value is -0.610. The van der Waals surface area contributed by atoms with E-state index in [2.05, 4.69) is 19.2 Å². The fourth-order valence-corrected chi connectivity index (χ4v) is 2.20. The summed E-state index contributed by atoms with van der Waals surface area (Å²) in [7, 11) is 1.69. The van der Waals surface area contributed by atoms with Crippen molar-refractivity contribution in [2.75, 3.05) is 20.2 Å². The molecule has 1 fully saturated rings. The normalized spacial score (nSPS) is 27.9. The molecule has 94 valence electrons. The first kappa shape index (κ1) is 13.5. The van der Waals surface area contributed by atoms with Crippen molar-refractivity contribution in [3.8, 4) is 0 Å². The molecule has 1 aliphatic rings. The Kier molecular flexibility index (Phi) is 5.22. The molecule has 3 unspecified atom stereocenters. The number of piperazine rings is 1. The summed E-state index contributed by atoms with van der Waals surface area (Å²) in [6, 6.07) is 0.600. The van der Waals surface area contributed by atoms with Crippen LogP contribution in [0, 0.1) is 0 Å². The zero-order valence-corrected chi connectivity index (χ0v) is 10.8. The zero-order valence-electron chi connectivity index (χ0n) is 10.8. The summed E-state index contributed by atoms with van der Waals surface area (Å²) in [6.45, 7) is 7.99. The lowest BCUT2D eigenvalue weighted by Gasteiger charge is -2.39. The second-order valence-electron chi connectivity index (χ2n) is 4.74. The SMILES string of the molecule is COC(C)CCC(=O)N1C(C)CNCC1C. The first-order valence-corrected chi connectivity index (χ1v) is 6.11. The van der Waals surface area contributed by atoms with E-state index in [0.717, 1.165) is 19.5 Å². The van der Waals surface area contributed by atoms with E-state index in [1.165, 1.54) is 0 Å². The molecule has 1 N–H and O–H groups in total. The van der Waals surface area contributed by atoms with Crippen molar-refractivity contribution in [1.82, 2.24) is 10.2 Å². The van der Waals surface area contributed by atoms with E-state index in [4.69, 9.17) is 4.74 Å². The Morgan fingerprint density at radius 2 is 2.00 bits per heavy atom. The molecule has 0 radical (unpaired) electrons. The highest BCUT2D eigenvalue weighted by Crippen LogP contribution is 2.13. The van der Waals surface area contributed by atoms with E-state index >= 15 is 0 Å². The number of carbonyl (C=O) groups is 1. The van der Waals surface area contributed by atoms with Crippen molar-refractivity contribution in [1.29, 1.82) is 0 Å². The van der Waals surface area contributed by atoms with Gasteiger partial charge in [-0.1, -0.05) is 0 Å². The van der Waals surface area contributed by atoms with Crippen LogP contribution in [-0.4, -0.2) is 49.2 Å². The van der Waals surface area contributed by atoms with Crippen LogP contribution in [0.4, 0.5) is 0 Å². The number of methoxy groups -OCH3 is 1. The Morgan fingerprint density at radius 3 is 2.50 bits per heavy atom. The molecule has 4 heteroatoms. The van der Waals surface area contributed by atoms with E-state index in [1.807, 2.05) is 11.8 Å². The van der Waals surface area contributed by atoms with Crippen molar-refractivity contribution < 1.29 is 9.53 Å². The minimum Gasteiger partial charge on any atom is -0.382 e. The third-order valence-corrected chi connectivity index (χ3v) is 3.28. The van der Waals surface area contributed by atoms with Gasteiger partial charge >= 0.3 is 0 Å². The van der Waals surface area contributed by atoms with E-state index in [-0.39, 0.29) is 12.0 Å². The van der Waals surface area contributed by atoms with Crippen LogP contribution in [0.1, 0.15) is 33.6 Å². The average molecular weight is 228 g/mol. The van der Waals surface area contributed by atoms with Crippen molar-refractivity contribution in [2.45, 2.75) is 51.8 Å². The largest absolute Gasteiger partial charge is 0.382 e. The Balaban J connectivity index is 2.44. The number of amides is 1. The first-order chi connectivity index (χ1) is 7.56. The number of ether oxygens (including phenoxy) is 1. The van der Waals surface area contributed by atoms with Gasteiger partial charge < -0.3 is 15.0 Å². The summed E-state index contributed by atoms with van der Waals surface area (Å²) in [4.78, 5) is 14.1. The highest BCUT2D eigenvalue weighted by molar-refractivity contribution is 5.77. The minimum absolute atomic E-state index is 0.164. The van der Waals surface area contributed by atoms with Gasteiger partial charge in [-0.2, -0.15) is 0 Å². The summed E-state index contributed by atoms with van der Waals surface area (Å²) in [5.74, 6) is 0.255. The quantitative estimate of drug-likeness (QED) is 0.781. The molecule has 0 saturated carbocycles. The predicted molar refractivity (Wildman–Crippen MR) is 64.3 cm³/mol.